The topological polar surface area (TPSA) is 95.1 Å². The van der Waals surface area contributed by atoms with Crippen molar-refractivity contribution in [1.82, 2.24) is 20.5 Å². The van der Waals surface area contributed by atoms with Gasteiger partial charge in [-0.1, -0.05) is 44.7 Å². The molecular weight excluding hydrogens is 342 g/mol. The van der Waals surface area contributed by atoms with Gasteiger partial charge >= 0.3 is 0 Å². The summed E-state index contributed by atoms with van der Waals surface area (Å²) in [5, 5.41) is 22.1. The molecule has 4 N–H and O–H groups in total. The fraction of sp³-hybridized carbons (Fsp3) is 0.600. The van der Waals surface area contributed by atoms with E-state index in [-0.39, 0.29) is 6.61 Å². The van der Waals surface area contributed by atoms with Crippen LogP contribution in [0.4, 0.5) is 5.95 Å². The summed E-state index contributed by atoms with van der Waals surface area (Å²) in [5.74, 6) is 1.86. The minimum atomic E-state index is -0.137. The molecule has 7 heteroatoms. The molecule has 2 aromatic rings. The molecular formula is C20H33N5O2. The Labute approximate surface area is 161 Å². The SMILES string of the molecule is CCCCCCCNCc1cccc(OCCCNc2n[nH]c(CO)n2)c1. The molecule has 0 radical (unpaired) electrons. The first-order chi connectivity index (χ1) is 13.3. The van der Waals surface area contributed by atoms with Crippen LogP contribution in [0.1, 0.15) is 56.8 Å². The first-order valence-corrected chi connectivity index (χ1v) is 10.00. The van der Waals surface area contributed by atoms with Gasteiger partial charge in [-0.3, -0.25) is 5.10 Å². The number of nitrogens with zero attached hydrogens (tertiary/aromatic N) is 2. The Bertz CT molecular complexity index is 632. The highest BCUT2D eigenvalue weighted by Crippen LogP contribution is 2.13. The van der Waals surface area contributed by atoms with Crippen LogP contribution < -0.4 is 15.4 Å². The molecule has 0 aliphatic heterocycles. The Hall–Kier alpha value is -2.12. The van der Waals surface area contributed by atoms with Crippen molar-refractivity contribution in [1.29, 1.82) is 0 Å². The third-order valence-corrected chi connectivity index (χ3v) is 4.24. The van der Waals surface area contributed by atoms with E-state index in [1.807, 2.05) is 12.1 Å². The Morgan fingerprint density at radius 3 is 2.81 bits per heavy atom. The molecule has 1 aromatic heterocycles. The number of aliphatic hydroxyl groups is 1. The summed E-state index contributed by atoms with van der Waals surface area (Å²) in [6, 6.07) is 8.25. The summed E-state index contributed by atoms with van der Waals surface area (Å²) in [4.78, 5) is 4.08. The molecule has 2 rings (SSSR count). The number of aromatic amines is 1. The van der Waals surface area contributed by atoms with Gasteiger partial charge in [0.05, 0.1) is 6.61 Å². The van der Waals surface area contributed by atoms with Crippen LogP contribution in [0.15, 0.2) is 24.3 Å². The van der Waals surface area contributed by atoms with Crippen LogP contribution in [0.5, 0.6) is 5.75 Å². The van der Waals surface area contributed by atoms with Crippen LogP contribution in [0.25, 0.3) is 0 Å². The number of anilines is 1. The molecule has 0 fully saturated rings. The number of rotatable bonds is 15. The molecule has 0 bridgehead atoms. The largest absolute Gasteiger partial charge is 0.494 e. The fourth-order valence-electron chi connectivity index (χ4n) is 2.74. The maximum Gasteiger partial charge on any atom is 0.242 e. The van der Waals surface area contributed by atoms with Gasteiger partial charge in [-0.25, -0.2) is 0 Å². The van der Waals surface area contributed by atoms with Gasteiger partial charge in [-0.15, -0.1) is 5.10 Å². The molecule has 150 valence electrons. The highest BCUT2D eigenvalue weighted by molar-refractivity contribution is 5.28. The summed E-state index contributed by atoms with van der Waals surface area (Å²) < 4.78 is 5.83. The molecule has 1 aromatic carbocycles. The molecule has 0 atom stereocenters. The zero-order valence-corrected chi connectivity index (χ0v) is 16.3. The zero-order chi connectivity index (χ0) is 19.2. The highest BCUT2D eigenvalue weighted by Gasteiger charge is 2.01. The molecule has 0 spiro atoms. The summed E-state index contributed by atoms with van der Waals surface area (Å²) >= 11 is 0. The summed E-state index contributed by atoms with van der Waals surface area (Å²) in [7, 11) is 0. The van der Waals surface area contributed by atoms with Crippen LogP contribution >= 0.6 is 0 Å². The molecule has 1 heterocycles. The van der Waals surface area contributed by atoms with E-state index < -0.39 is 0 Å². The van der Waals surface area contributed by atoms with E-state index >= 15 is 0 Å². The van der Waals surface area contributed by atoms with Crippen molar-refractivity contribution in [2.75, 3.05) is 25.0 Å². The molecule has 0 saturated carbocycles. The normalized spacial score (nSPS) is 10.9. The van der Waals surface area contributed by atoms with E-state index in [2.05, 4.69) is 44.9 Å². The van der Waals surface area contributed by atoms with Gasteiger partial charge < -0.3 is 20.5 Å². The monoisotopic (exact) mass is 375 g/mol. The molecule has 27 heavy (non-hydrogen) atoms. The van der Waals surface area contributed by atoms with Gasteiger partial charge in [0.25, 0.3) is 0 Å². The lowest BCUT2D eigenvalue weighted by Gasteiger charge is -2.09. The maximum atomic E-state index is 8.93. The van der Waals surface area contributed by atoms with Crippen molar-refractivity contribution in [2.24, 2.45) is 0 Å². The Kier molecular flexibility index (Phi) is 10.3. The van der Waals surface area contributed by atoms with Crippen molar-refractivity contribution in [3.63, 3.8) is 0 Å². The number of hydrogen-bond donors (Lipinski definition) is 4. The third-order valence-electron chi connectivity index (χ3n) is 4.24. The van der Waals surface area contributed by atoms with Crippen LogP contribution in [0.3, 0.4) is 0 Å². The van der Waals surface area contributed by atoms with E-state index in [1.54, 1.807) is 0 Å². The number of aromatic nitrogens is 3. The highest BCUT2D eigenvalue weighted by atomic mass is 16.5. The Balaban J connectivity index is 1.56. The molecule has 0 saturated heterocycles. The van der Waals surface area contributed by atoms with Gasteiger partial charge in [0.1, 0.15) is 12.4 Å². The molecule has 7 nitrogen and oxygen atoms in total. The van der Waals surface area contributed by atoms with Crippen LogP contribution in [-0.2, 0) is 13.2 Å². The minimum absolute atomic E-state index is 0.137. The third kappa shape index (κ3) is 8.88. The number of ether oxygens (including phenoxy) is 1. The number of aliphatic hydroxyl groups excluding tert-OH is 1. The van der Waals surface area contributed by atoms with Crippen LogP contribution in [0, 0.1) is 0 Å². The molecule has 0 unspecified atom stereocenters. The molecule has 0 aliphatic rings. The van der Waals surface area contributed by atoms with Crippen molar-refractivity contribution in [3.8, 4) is 5.75 Å². The first kappa shape index (κ1) is 21.2. The van der Waals surface area contributed by atoms with Gasteiger partial charge in [-0.05, 0) is 37.1 Å². The summed E-state index contributed by atoms with van der Waals surface area (Å²) in [6.45, 7) is 5.39. The lowest BCUT2D eigenvalue weighted by molar-refractivity contribution is 0.272. The number of H-pyrrole nitrogens is 1. The molecule has 0 aliphatic carbocycles. The summed E-state index contributed by atoms with van der Waals surface area (Å²) in [6.07, 6.45) is 7.37. The number of hydrogen-bond acceptors (Lipinski definition) is 6. The maximum absolute atomic E-state index is 8.93. The van der Waals surface area contributed by atoms with Gasteiger partial charge in [-0.2, -0.15) is 4.98 Å². The van der Waals surface area contributed by atoms with E-state index in [9.17, 15) is 0 Å². The second-order valence-electron chi connectivity index (χ2n) is 6.63. The minimum Gasteiger partial charge on any atom is -0.494 e. The quantitative estimate of drug-likeness (QED) is 0.357. The van der Waals surface area contributed by atoms with E-state index in [1.165, 1.54) is 37.7 Å². The number of nitrogens with one attached hydrogen (secondary N) is 3. The van der Waals surface area contributed by atoms with E-state index in [0.29, 0.717) is 24.9 Å². The van der Waals surface area contributed by atoms with Crippen LogP contribution in [0.2, 0.25) is 0 Å². The molecule has 0 amide bonds. The average Bonchev–Trinajstić information content (AvgIpc) is 3.15. The predicted octanol–water partition coefficient (Wildman–Crippen LogP) is 3.24. The van der Waals surface area contributed by atoms with Crippen LogP contribution in [-0.4, -0.2) is 40.0 Å². The lowest BCUT2D eigenvalue weighted by atomic mass is 10.1. The van der Waals surface area contributed by atoms with Crippen molar-refractivity contribution >= 4 is 5.95 Å². The number of benzene rings is 1. The first-order valence-electron chi connectivity index (χ1n) is 10.00. The van der Waals surface area contributed by atoms with Crippen molar-refractivity contribution in [3.05, 3.63) is 35.7 Å². The van der Waals surface area contributed by atoms with Gasteiger partial charge in [0.15, 0.2) is 5.82 Å². The van der Waals surface area contributed by atoms with Gasteiger partial charge in [0, 0.05) is 13.1 Å². The Morgan fingerprint density at radius 1 is 1.11 bits per heavy atom. The second kappa shape index (κ2) is 13.1. The number of unbranched alkanes of at least 4 members (excludes halogenated alkanes) is 4. The van der Waals surface area contributed by atoms with Crippen molar-refractivity contribution in [2.45, 2.75) is 58.6 Å². The van der Waals surface area contributed by atoms with Gasteiger partial charge in [0.2, 0.25) is 5.95 Å². The standard InChI is InChI=1S/C20H33N5O2/c1-2-3-4-5-6-11-21-15-17-9-7-10-18(14-17)27-13-8-12-22-20-23-19(16-26)24-25-20/h7,9-10,14,21,26H,2-6,8,11-13,15-16H2,1H3,(H2,22,23,24,25). The lowest BCUT2D eigenvalue weighted by Crippen LogP contribution is -2.14. The fourth-order valence-corrected chi connectivity index (χ4v) is 2.74. The average molecular weight is 376 g/mol. The predicted molar refractivity (Wildman–Crippen MR) is 108 cm³/mol. The van der Waals surface area contributed by atoms with E-state index in [4.69, 9.17) is 9.84 Å². The zero-order valence-electron chi connectivity index (χ0n) is 16.3. The summed E-state index contributed by atoms with van der Waals surface area (Å²) in [5.41, 5.74) is 1.25. The van der Waals surface area contributed by atoms with Crippen molar-refractivity contribution < 1.29 is 9.84 Å². The smallest absolute Gasteiger partial charge is 0.242 e. The Morgan fingerprint density at radius 2 is 2.00 bits per heavy atom. The second-order valence-corrected chi connectivity index (χ2v) is 6.63. The van der Waals surface area contributed by atoms with E-state index in [0.717, 1.165) is 25.3 Å².